The second-order valence-electron chi connectivity index (χ2n) is 7.17. The average Bonchev–Trinajstić information content (AvgIpc) is 3.25. The summed E-state index contributed by atoms with van der Waals surface area (Å²) in [6.45, 7) is 8.10. The minimum atomic E-state index is -0.283. The number of nitrogens with one attached hydrogen (secondary N) is 2. The molecule has 4 rings (SSSR count). The Hall–Kier alpha value is -3.08. The van der Waals surface area contributed by atoms with Crippen molar-refractivity contribution in [2.45, 2.75) is 33.8 Å². The summed E-state index contributed by atoms with van der Waals surface area (Å²) in [5.41, 5.74) is 4.09. The van der Waals surface area contributed by atoms with Crippen molar-refractivity contribution in [3.8, 4) is 5.75 Å². The van der Waals surface area contributed by atoms with Crippen LogP contribution in [0.1, 0.15) is 30.8 Å². The van der Waals surface area contributed by atoms with Crippen molar-refractivity contribution in [3.63, 3.8) is 0 Å². The van der Waals surface area contributed by atoms with E-state index in [4.69, 9.17) is 4.74 Å². The zero-order valence-electron chi connectivity index (χ0n) is 15.9. The lowest BCUT2D eigenvalue weighted by Gasteiger charge is -2.06. The van der Waals surface area contributed by atoms with Crippen LogP contribution in [0.25, 0.3) is 17.8 Å². The standard InChI is InChI=1S/C22H22FN3O/c1-12(2)27-22-11-20(19-8-15-5-6-16(23)9-18(15)25-19)26-21(22)10-17-13(3)7-14(4)24-17/h5-12,24,26H,1-4H3/b20-19?,21-10-. The van der Waals surface area contributed by atoms with E-state index in [0.29, 0.717) is 5.36 Å². The Kier molecular flexibility index (Phi) is 4.22. The predicted octanol–water partition coefficient (Wildman–Crippen LogP) is 1.94. The van der Waals surface area contributed by atoms with Crippen LogP contribution in [0.4, 0.5) is 4.39 Å². The van der Waals surface area contributed by atoms with Gasteiger partial charge in [-0.1, -0.05) is 0 Å². The van der Waals surface area contributed by atoms with Crippen molar-refractivity contribution < 1.29 is 9.13 Å². The predicted molar refractivity (Wildman–Crippen MR) is 105 cm³/mol. The quantitative estimate of drug-likeness (QED) is 0.734. The van der Waals surface area contributed by atoms with E-state index in [0.717, 1.165) is 38.8 Å². The third-order valence-electron chi connectivity index (χ3n) is 4.45. The van der Waals surface area contributed by atoms with Crippen LogP contribution in [-0.4, -0.2) is 16.1 Å². The molecule has 0 radical (unpaired) electrons. The molecule has 1 aliphatic heterocycles. The summed E-state index contributed by atoms with van der Waals surface area (Å²) < 4.78 is 19.5. The van der Waals surface area contributed by atoms with Crippen molar-refractivity contribution in [1.29, 1.82) is 0 Å². The van der Waals surface area contributed by atoms with Gasteiger partial charge in [-0.25, -0.2) is 9.38 Å². The molecule has 3 aromatic rings. The van der Waals surface area contributed by atoms with Crippen molar-refractivity contribution in [1.82, 2.24) is 9.97 Å². The lowest BCUT2D eigenvalue weighted by Crippen LogP contribution is -2.20. The van der Waals surface area contributed by atoms with E-state index < -0.39 is 0 Å². The van der Waals surface area contributed by atoms with Gasteiger partial charge in [-0.05, 0) is 63.6 Å². The Labute approximate surface area is 156 Å². The third-order valence-corrected chi connectivity index (χ3v) is 4.45. The Balaban J connectivity index is 1.92. The minimum Gasteiger partial charge on any atom is -0.489 e. The number of hydrogen-bond acceptors (Lipinski definition) is 2. The molecule has 0 amide bonds. The molecule has 0 aliphatic carbocycles. The van der Waals surface area contributed by atoms with E-state index in [1.807, 2.05) is 39.0 Å². The van der Waals surface area contributed by atoms with Gasteiger partial charge in [-0.2, -0.15) is 0 Å². The largest absolute Gasteiger partial charge is 0.489 e. The normalized spacial score (nSPS) is 15.7. The molecule has 0 saturated heterocycles. The minimum absolute atomic E-state index is 0.0491. The number of rotatable bonds is 3. The van der Waals surface area contributed by atoms with Crippen molar-refractivity contribution in [2.75, 3.05) is 0 Å². The summed E-state index contributed by atoms with van der Waals surface area (Å²) in [7, 11) is 0. The summed E-state index contributed by atoms with van der Waals surface area (Å²) in [6, 6.07) is 8.71. The van der Waals surface area contributed by atoms with Crippen LogP contribution >= 0.6 is 0 Å². The van der Waals surface area contributed by atoms with E-state index in [-0.39, 0.29) is 11.9 Å². The molecule has 4 nitrogen and oxygen atoms in total. The fraction of sp³-hybridized carbons (Fsp3) is 0.227. The van der Waals surface area contributed by atoms with Crippen molar-refractivity contribution >= 4 is 17.8 Å². The molecule has 0 atom stereocenters. The number of fused-ring (bicyclic) bond motifs is 1. The van der Waals surface area contributed by atoms with Gasteiger partial charge in [0.25, 0.3) is 0 Å². The first-order chi connectivity index (χ1) is 12.9. The van der Waals surface area contributed by atoms with Gasteiger partial charge in [-0.3, -0.25) is 0 Å². The molecule has 0 saturated carbocycles. The highest BCUT2D eigenvalue weighted by Crippen LogP contribution is 2.11. The average molecular weight is 363 g/mol. The molecule has 0 fully saturated rings. The molecule has 138 valence electrons. The zero-order valence-corrected chi connectivity index (χ0v) is 15.9. The topological polar surface area (TPSA) is 53.2 Å². The smallest absolute Gasteiger partial charge is 0.145 e. The molecule has 0 bridgehead atoms. The number of benzene rings is 1. The maximum absolute atomic E-state index is 13.5. The highest BCUT2D eigenvalue weighted by atomic mass is 19.1. The van der Waals surface area contributed by atoms with Crippen LogP contribution in [0.15, 0.2) is 35.3 Å². The van der Waals surface area contributed by atoms with Gasteiger partial charge in [0, 0.05) is 28.7 Å². The van der Waals surface area contributed by atoms with Crippen molar-refractivity contribution in [3.05, 3.63) is 74.4 Å². The van der Waals surface area contributed by atoms with Gasteiger partial charge < -0.3 is 14.7 Å². The summed E-state index contributed by atoms with van der Waals surface area (Å²) >= 11 is 0. The lowest BCUT2D eigenvalue weighted by molar-refractivity contribution is 0.240. The van der Waals surface area contributed by atoms with Gasteiger partial charge >= 0.3 is 0 Å². The molecule has 27 heavy (non-hydrogen) atoms. The van der Waals surface area contributed by atoms with Crippen LogP contribution in [0, 0.1) is 19.7 Å². The summed E-state index contributed by atoms with van der Waals surface area (Å²) in [5.74, 6) is 0.485. The van der Waals surface area contributed by atoms with Crippen molar-refractivity contribution in [2.24, 2.45) is 4.99 Å². The monoisotopic (exact) mass is 363 g/mol. The highest BCUT2D eigenvalue weighted by molar-refractivity contribution is 5.76. The molecule has 0 unspecified atom stereocenters. The molecule has 2 N–H and O–H groups in total. The van der Waals surface area contributed by atoms with Crippen LogP contribution in [0.5, 0.6) is 5.75 Å². The molecule has 5 heteroatoms. The molecular formula is C22H22FN3O. The number of ether oxygens (including phenoxy) is 1. The fourth-order valence-electron chi connectivity index (χ4n) is 3.28. The summed E-state index contributed by atoms with van der Waals surface area (Å²) in [4.78, 5) is 11.3. The zero-order chi connectivity index (χ0) is 19.1. The van der Waals surface area contributed by atoms with E-state index in [2.05, 4.69) is 28.0 Å². The molecule has 1 aliphatic rings. The number of hydrogen-bond donors (Lipinski definition) is 2. The van der Waals surface area contributed by atoms with Gasteiger partial charge in [0.1, 0.15) is 11.6 Å². The molecule has 0 spiro atoms. The number of H-pyrrole nitrogens is 2. The number of aromatic amines is 2. The first-order valence-electron chi connectivity index (χ1n) is 9.03. The van der Waals surface area contributed by atoms with E-state index in [9.17, 15) is 4.39 Å². The van der Waals surface area contributed by atoms with E-state index >= 15 is 0 Å². The fourth-order valence-corrected chi connectivity index (χ4v) is 3.28. The Bertz CT molecular complexity index is 1260. The lowest BCUT2D eigenvalue weighted by atomic mass is 10.2. The Morgan fingerprint density at radius 3 is 2.63 bits per heavy atom. The first-order valence-corrected chi connectivity index (χ1v) is 9.03. The second-order valence-corrected chi connectivity index (χ2v) is 7.17. The SMILES string of the molecule is Cc1cc(C)c(/C=c2\[nH]c(=C3C=c4ccc(F)cc4=N3)cc2OC(C)C)[nH]1. The number of aromatic nitrogens is 2. The van der Waals surface area contributed by atoms with Gasteiger partial charge in [-0.15, -0.1) is 0 Å². The Morgan fingerprint density at radius 1 is 1.11 bits per heavy atom. The number of nitrogens with zero attached hydrogens (tertiary/aromatic N) is 1. The summed E-state index contributed by atoms with van der Waals surface area (Å²) in [5, 5.41) is 3.28. The number of aryl methyl sites for hydroxylation is 2. The molecular weight excluding hydrogens is 341 g/mol. The van der Waals surface area contributed by atoms with E-state index in [1.165, 1.54) is 17.7 Å². The Morgan fingerprint density at radius 2 is 1.93 bits per heavy atom. The summed E-state index contributed by atoms with van der Waals surface area (Å²) in [6.07, 6.45) is 4.05. The molecule has 3 heterocycles. The first kappa shape index (κ1) is 17.3. The van der Waals surface area contributed by atoms with Crippen LogP contribution in [0.3, 0.4) is 0 Å². The van der Waals surface area contributed by atoms with Gasteiger partial charge in [0.2, 0.25) is 0 Å². The number of halogens is 1. The second kappa shape index (κ2) is 6.58. The molecule has 1 aromatic carbocycles. The van der Waals surface area contributed by atoms with Gasteiger partial charge in [0.15, 0.2) is 0 Å². The highest BCUT2D eigenvalue weighted by Gasteiger charge is 2.09. The van der Waals surface area contributed by atoms with E-state index in [1.54, 1.807) is 6.07 Å². The van der Waals surface area contributed by atoms with Crippen LogP contribution in [0.2, 0.25) is 0 Å². The van der Waals surface area contributed by atoms with Crippen LogP contribution < -0.4 is 26.0 Å². The maximum atomic E-state index is 13.5. The van der Waals surface area contributed by atoms with Gasteiger partial charge in [0.05, 0.1) is 27.9 Å². The molecule has 2 aromatic heterocycles. The maximum Gasteiger partial charge on any atom is 0.145 e. The third kappa shape index (κ3) is 3.45. The van der Waals surface area contributed by atoms with Crippen LogP contribution in [-0.2, 0) is 0 Å².